The lowest BCUT2D eigenvalue weighted by atomic mass is 10.1. The van der Waals surface area contributed by atoms with E-state index in [-0.39, 0.29) is 12.2 Å². The summed E-state index contributed by atoms with van der Waals surface area (Å²) >= 11 is 9.66. The van der Waals surface area contributed by atoms with Crippen molar-refractivity contribution in [1.29, 1.82) is 0 Å². The molecule has 1 aromatic carbocycles. The maximum atomic E-state index is 6.23. The Bertz CT molecular complexity index is 389. The Morgan fingerprint density at radius 2 is 2.00 bits per heavy atom. The molecular formula is C13H17BrClNO. The maximum Gasteiger partial charge on any atom is 0.0726 e. The predicted molar refractivity (Wildman–Crippen MR) is 76.3 cm³/mol. The number of nitrogens with zero attached hydrogens (tertiary/aromatic N) is 1. The van der Waals surface area contributed by atoms with Crippen LogP contribution in [0.25, 0.3) is 0 Å². The molecule has 1 saturated heterocycles. The van der Waals surface area contributed by atoms with E-state index in [2.05, 4.69) is 46.8 Å². The van der Waals surface area contributed by atoms with Crippen molar-refractivity contribution in [2.45, 2.75) is 31.4 Å². The van der Waals surface area contributed by atoms with Crippen LogP contribution >= 0.6 is 27.5 Å². The van der Waals surface area contributed by atoms with Gasteiger partial charge in [-0.25, -0.2) is 0 Å². The highest BCUT2D eigenvalue weighted by atomic mass is 79.9. The van der Waals surface area contributed by atoms with Crippen LogP contribution in [0.2, 0.25) is 5.02 Å². The van der Waals surface area contributed by atoms with Crippen LogP contribution < -0.4 is 4.90 Å². The van der Waals surface area contributed by atoms with Crippen molar-refractivity contribution >= 4 is 33.2 Å². The standard InChI is InChI=1S/C13H17BrClNO/c1-9-7-16(8-10(2)17-9)12-4-3-11(6-14)13(15)5-12/h3-5,9-10H,6-8H2,1-2H3/t9-,10+. The molecule has 0 aliphatic carbocycles. The minimum Gasteiger partial charge on any atom is -0.372 e. The van der Waals surface area contributed by atoms with Gasteiger partial charge in [0.05, 0.1) is 12.2 Å². The summed E-state index contributed by atoms with van der Waals surface area (Å²) in [5, 5.41) is 1.62. The first-order valence-electron chi connectivity index (χ1n) is 5.85. The Labute approximate surface area is 116 Å². The number of anilines is 1. The largest absolute Gasteiger partial charge is 0.372 e. The van der Waals surface area contributed by atoms with Crippen LogP contribution in [0, 0.1) is 0 Å². The van der Waals surface area contributed by atoms with Gasteiger partial charge in [0, 0.05) is 29.1 Å². The van der Waals surface area contributed by atoms with E-state index in [9.17, 15) is 0 Å². The van der Waals surface area contributed by atoms with Crippen LogP contribution in [0.4, 0.5) is 5.69 Å². The zero-order chi connectivity index (χ0) is 12.4. The zero-order valence-electron chi connectivity index (χ0n) is 10.1. The van der Waals surface area contributed by atoms with Gasteiger partial charge in [0.2, 0.25) is 0 Å². The van der Waals surface area contributed by atoms with Gasteiger partial charge in [-0.15, -0.1) is 0 Å². The molecule has 1 fully saturated rings. The van der Waals surface area contributed by atoms with Crippen LogP contribution in [0.1, 0.15) is 19.4 Å². The highest BCUT2D eigenvalue weighted by Crippen LogP contribution is 2.27. The Morgan fingerprint density at radius 1 is 1.35 bits per heavy atom. The minimum absolute atomic E-state index is 0.272. The van der Waals surface area contributed by atoms with E-state index in [1.54, 1.807) is 0 Å². The predicted octanol–water partition coefficient (Wildman–Crippen LogP) is 3.85. The van der Waals surface area contributed by atoms with Gasteiger partial charge in [0.15, 0.2) is 0 Å². The Morgan fingerprint density at radius 3 is 2.53 bits per heavy atom. The molecule has 0 radical (unpaired) electrons. The van der Waals surface area contributed by atoms with Gasteiger partial charge in [0.25, 0.3) is 0 Å². The highest BCUT2D eigenvalue weighted by Gasteiger charge is 2.22. The third-order valence-electron chi connectivity index (χ3n) is 2.97. The van der Waals surface area contributed by atoms with E-state index < -0.39 is 0 Å². The van der Waals surface area contributed by atoms with Gasteiger partial charge in [-0.2, -0.15) is 0 Å². The first-order chi connectivity index (χ1) is 8.10. The molecule has 1 aliphatic rings. The van der Waals surface area contributed by atoms with Crippen LogP contribution in [-0.2, 0) is 10.1 Å². The molecule has 17 heavy (non-hydrogen) atoms. The molecule has 0 aromatic heterocycles. The van der Waals surface area contributed by atoms with Crippen molar-refractivity contribution in [3.8, 4) is 0 Å². The normalized spacial score (nSPS) is 25.1. The minimum atomic E-state index is 0.272. The molecule has 0 saturated carbocycles. The van der Waals surface area contributed by atoms with E-state index in [0.29, 0.717) is 0 Å². The van der Waals surface area contributed by atoms with Gasteiger partial charge in [0.1, 0.15) is 0 Å². The zero-order valence-corrected chi connectivity index (χ0v) is 12.5. The molecule has 4 heteroatoms. The van der Waals surface area contributed by atoms with Crippen LogP contribution in [-0.4, -0.2) is 25.3 Å². The van der Waals surface area contributed by atoms with Gasteiger partial charge in [-0.1, -0.05) is 33.6 Å². The summed E-state index contributed by atoms with van der Waals surface area (Å²) in [6.07, 6.45) is 0.543. The van der Waals surface area contributed by atoms with Gasteiger partial charge < -0.3 is 9.64 Å². The summed E-state index contributed by atoms with van der Waals surface area (Å²) in [6, 6.07) is 6.26. The molecule has 1 aliphatic heterocycles. The second-order valence-electron chi connectivity index (χ2n) is 4.57. The topological polar surface area (TPSA) is 12.5 Å². The van der Waals surface area contributed by atoms with Gasteiger partial charge >= 0.3 is 0 Å². The molecular weight excluding hydrogens is 302 g/mol. The fourth-order valence-electron chi connectivity index (χ4n) is 2.23. The number of morpholine rings is 1. The second kappa shape index (κ2) is 5.59. The number of ether oxygens (including phenoxy) is 1. The number of halogens is 2. The third kappa shape index (κ3) is 3.15. The highest BCUT2D eigenvalue weighted by molar-refractivity contribution is 9.08. The van der Waals surface area contributed by atoms with E-state index >= 15 is 0 Å². The maximum absolute atomic E-state index is 6.23. The quantitative estimate of drug-likeness (QED) is 0.768. The van der Waals surface area contributed by atoms with E-state index in [1.807, 2.05) is 6.07 Å². The molecule has 0 bridgehead atoms. The molecule has 1 aromatic rings. The van der Waals surface area contributed by atoms with Crippen molar-refractivity contribution < 1.29 is 4.74 Å². The Hall–Kier alpha value is -0.250. The lowest BCUT2D eigenvalue weighted by molar-refractivity contribution is -0.00521. The monoisotopic (exact) mass is 317 g/mol. The Kier molecular flexibility index (Phi) is 4.34. The fourth-order valence-corrected chi connectivity index (χ4v) is 3.12. The average Bonchev–Trinajstić information content (AvgIpc) is 2.27. The summed E-state index contributed by atoms with van der Waals surface area (Å²) in [6.45, 7) is 6.07. The second-order valence-corrected chi connectivity index (χ2v) is 5.54. The number of benzene rings is 1. The third-order valence-corrected chi connectivity index (χ3v) is 3.92. The lowest BCUT2D eigenvalue weighted by Crippen LogP contribution is -2.45. The summed E-state index contributed by atoms with van der Waals surface area (Å²) in [4.78, 5) is 2.34. The number of alkyl halides is 1. The van der Waals surface area contributed by atoms with Gasteiger partial charge in [-0.3, -0.25) is 0 Å². The molecule has 0 spiro atoms. The first kappa shape index (κ1) is 13.2. The van der Waals surface area contributed by atoms with Crippen molar-refractivity contribution in [1.82, 2.24) is 0 Å². The molecule has 2 nitrogen and oxygen atoms in total. The van der Waals surface area contributed by atoms with Crippen molar-refractivity contribution in [2.75, 3.05) is 18.0 Å². The fraction of sp³-hybridized carbons (Fsp3) is 0.538. The molecule has 0 amide bonds. The van der Waals surface area contributed by atoms with Crippen LogP contribution in [0.5, 0.6) is 0 Å². The first-order valence-corrected chi connectivity index (χ1v) is 7.35. The molecule has 0 unspecified atom stereocenters. The summed E-state index contributed by atoms with van der Waals surface area (Å²) in [7, 11) is 0. The molecule has 2 atom stereocenters. The number of rotatable bonds is 2. The summed E-state index contributed by atoms with van der Waals surface area (Å²) in [5.74, 6) is 0. The Balaban J connectivity index is 2.19. The smallest absolute Gasteiger partial charge is 0.0726 e. The van der Waals surface area contributed by atoms with E-state index in [1.165, 1.54) is 5.69 Å². The van der Waals surface area contributed by atoms with Gasteiger partial charge in [-0.05, 0) is 31.5 Å². The van der Waals surface area contributed by atoms with Crippen molar-refractivity contribution in [3.05, 3.63) is 28.8 Å². The van der Waals surface area contributed by atoms with Crippen LogP contribution in [0.15, 0.2) is 18.2 Å². The summed E-state index contributed by atoms with van der Waals surface area (Å²) in [5.41, 5.74) is 2.31. The van der Waals surface area contributed by atoms with Crippen molar-refractivity contribution in [3.63, 3.8) is 0 Å². The lowest BCUT2D eigenvalue weighted by Gasteiger charge is -2.37. The number of hydrogen-bond donors (Lipinski definition) is 0. The van der Waals surface area contributed by atoms with Crippen LogP contribution in [0.3, 0.4) is 0 Å². The van der Waals surface area contributed by atoms with E-state index in [4.69, 9.17) is 16.3 Å². The summed E-state index contributed by atoms with van der Waals surface area (Å²) < 4.78 is 5.73. The SMILES string of the molecule is C[C@@H]1CN(c2ccc(CBr)c(Cl)c2)C[C@H](C)O1. The molecule has 94 valence electrons. The number of hydrogen-bond acceptors (Lipinski definition) is 2. The molecule has 0 N–H and O–H groups in total. The van der Waals surface area contributed by atoms with E-state index in [0.717, 1.165) is 29.0 Å². The average molecular weight is 319 g/mol. The van der Waals surface area contributed by atoms with Crippen molar-refractivity contribution in [2.24, 2.45) is 0 Å². The molecule has 1 heterocycles. The molecule has 2 rings (SSSR count).